The van der Waals surface area contributed by atoms with Gasteiger partial charge in [0.15, 0.2) is 0 Å². The molecule has 1 heterocycles. The number of carbonyl (C=O) groups is 2. The average molecular weight is 323 g/mol. The van der Waals surface area contributed by atoms with Gasteiger partial charge in [0.05, 0.1) is 5.41 Å². The average Bonchev–Trinajstić information content (AvgIpc) is 2.63. The van der Waals surface area contributed by atoms with E-state index in [0.717, 1.165) is 5.56 Å². The highest BCUT2D eigenvalue weighted by atomic mass is 16.4. The second-order valence-corrected chi connectivity index (χ2v) is 6.41. The summed E-state index contributed by atoms with van der Waals surface area (Å²) in [4.78, 5) is 26.2. The molecule has 0 atom stereocenters. The van der Waals surface area contributed by atoms with Crippen LogP contribution in [0.15, 0.2) is 60.7 Å². The van der Waals surface area contributed by atoms with Crippen LogP contribution in [0.5, 0.6) is 0 Å². The highest BCUT2D eigenvalue weighted by molar-refractivity contribution is 5.94. The van der Waals surface area contributed by atoms with Gasteiger partial charge in [0.25, 0.3) is 5.91 Å². The molecule has 0 radical (unpaired) electrons. The molecule has 2 aromatic rings. The molecule has 0 bridgehead atoms. The van der Waals surface area contributed by atoms with E-state index in [1.54, 1.807) is 17.0 Å². The maximum absolute atomic E-state index is 12.5. The highest BCUT2D eigenvalue weighted by Gasteiger charge is 2.42. The lowest BCUT2D eigenvalue weighted by Crippen LogP contribution is -2.47. The topological polar surface area (TPSA) is 57.6 Å². The Balaban J connectivity index is 1.71. The van der Waals surface area contributed by atoms with Crippen molar-refractivity contribution in [3.63, 3.8) is 0 Å². The van der Waals surface area contributed by atoms with Gasteiger partial charge in [-0.3, -0.25) is 9.59 Å². The van der Waals surface area contributed by atoms with Crippen molar-refractivity contribution < 1.29 is 14.7 Å². The molecule has 1 amide bonds. The van der Waals surface area contributed by atoms with Gasteiger partial charge in [-0.2, -0.15) is 0 Å². The molecule has 4 nitrogen and oxygen atoms in total. The number of hydrogen-bond donors (Lipinski definition) is 1. The van der Waals surface area contributed by atoms with E-state index in [1.807, 2.05) is 48.5 Å². The summed E-state index contributed by atoms with van der Waals surface area (Å²) in [7, 11) is 0. The molecule has 2 aromatic carbocycles. The van der Waals surface area contributed by atoms with Gasteiger partial charge in [0.1, 0.15) is 0 Å². The summed E-state index contributed by atoms with van der Waals surface area (Å²) in [6.45, 7) is 0.958. The van der Waals surface area contributed by atoms with Gasteiger partial charge in [-0.25, -0.2) is 0 Å². The van der Waals surface area contributed by atoms with Gasteiger partial charge in [0, 0.05) is 18.7 Å². The lowest BCUT2D eigenvalue weighted by atomic mass is 9.73. The number of carboxylic acids is 1. The maximum Gasteiger partial charge on any atom is 0.310 e. The number of benzene rings is 2. The van der Waals surface area contributed by atoms with Crippen molar-refractivity contribution in [2.75, 3.05) is 13.1 Å². The van der Waals surface area contributed by atoms with E-state index < -0.39 is 11.4 Å². The smallest absolute Gasteiger partial charge is 0.310 e. The van der Waals surface area contributed by atoms with Crippen molar-refractivity contribution >= 4 is 11.9 Å². The molecule has 24 heavy (non-hydrogen) atoms. The molecule has 1 N–H and O–H groups in total. The summed E-state index contributed by atoms with van der Waals surface area (Å²) in [6.07, 6.45) is 1.47. The van der Waals surface area contributed by atoms with Crippen LogP contribution in [0.2, 0.25) is 0 Å². The number of carboxylic acid groups (broad SMARTS) is 1. The molecular formula is C20H21NO3. The third-order valence-electron chi connectivity index (χ3n) is 4.87. The minimum absolute atomic E-state index is 0.0192. The van der Waals surface area contributed by atoms with Crippen LogP contribution in [0.4, 0.5) is 0 Å². The molecule has 1 saturated heterocycles. The third-order valence-corrected chi connectivity index (χ3v) is 4.87. The summed E-state index contributed by atoms with van der Waals surface area (Å²) >= 11 is 0. The van der Waals surface area contributed by atoms with E-state index in [-0.39, 0.29) is 5.91 Å². The molecule has 0 aromatic heterocycles. The standard InChI is InChI=1S/C20H21NO3/c22-18(17-9-5-2-6-10-17)21-13-11-20(12-14-21,19(23)24)15-16-7-3-1-4-8-16/h1-10H,11-15H2,(H,23,24). The molecule has 4 heteroatoms. The highest BCUT2D eigenvalue weighted by Crippen LogP contribution is 2.36. The van der Waals surface area contributed by atoms with Crippen molar-refractivity contribution in [3.05, 3.63) is 71.8 Å². The largest absolute Gasteiger partial charge is 0.481 e. The second kappa shape index (κ2) is 6.87. The molecule has 0 spiro atoms. The summed E-state index contributed by atoms with van der Waals surface area (Å²) in [5.41, 5.74) is 0.903. The minimum Gasteiger partial charge on any atom is -0.481 e. The predicted molar refractivity (Wildman–Crippen MR) is 91.8 cm³/mol. The van der Waals surface area contributed by atoms with E-state index in [0.29, 0.717) is 37.9 Å². The fraction of sp³-hybridized carbons (Fsp3) is 0.300. The van der Waals surface area contributed by atoms with Crippen molar-refractivity contribution in [1.29, 1.82) is 0 Å². The Morgan fingerprint density at radius 2 is 1.46 bits per heavy atom. The molecule has 0 saturated carbocycles. The number of piperidine rings is 1. The van der Waals surface area contributed by atoms with E-state index in [4.69, 9.17) is 0 Å². The number of hydrogen-bond acceptors (Lipinski definition) is 2. The normalized spacial score (nSPS) is 16.6. The van der Waals surface area contributed by atoms with Crippen LogP contribution in [0, 0.1) is 5.41 Å². The first-order chi connectivity index (χ1) is 11.6. The number of rotatable bonds is 4. The molecule has 3 rings (SSSR count). The van der Waals surface area contributed by atoms with Gasteiger partial charge in [0.2, 0.25) is 0 Å². The quantitative estimate of drug-likeness (QED) is 0.940. The van der Waals surface area contributed by atoms with Crippen LogP contribution in [0.1, 0.15) is 28.8 Å². The number of carbonyl (C=O) groups excluding carboxylic acids is 1. The Hall–Kier alpha value is -2.62. The van der Waals surface area contributed by atoms with Gasteiger partial charge in [-0.15, -0.1) is 0 Å². The lowest BCUT2D eigenvalue weighted by Gasteiger charge is -2.39. The fourth-order valence-corrected chi connectivity index (χ4v) is 3.35. The summed E-state index contributed by atoms with van der Waals surface area (Å²) < 4.78 is 0. The SMILES string of the molecule is O=C(c1ccccc1)N1CCC(Cc2ccccc2)(C(=O)O)CC1. The first-order valence-electron chi connectivity index (χ1n) is 8.22. The monoisotopic (exact) mass is 323 g/mol. The Morgan fingerprint density at radius 3 is 2.00 bits per heavy atom. The van der Waals surface area contributed by atoms with Crippen LogP contribution in [0.3, 0.4) is 0 Å². The predicted octanol–water partition coefficient (Wildman–Crippen LogP) is 3.24. The van der Waals surface area contributed by atoms with Crippen LogP contribution in [0.25, 0.3) is 0 Å². The van der Waals surface area contributed by atoms with E-state index in [1.165, 1.54) is 0 Å². The van der Waals surface area contributed by atoms with Crippen LogP contribution in [-0.4, -0.2) is 35.0 Å². The Kier molecular flexibility index (Phi) is 4.65. The second-order valence-electron chi connectivity index (χ2n) is 6.41. The van der Waals surface area contributed by atoms with E-state index in [2.05, 4.69) is 0 Å². The zero-order valence-electron chi connectivity index (χ0n) is 13.5. The fourth-order valence-electron chi connectivity index (χ4n) is 3.35. The number of nitrogens with zero attached hydrogens (tertiary/aromatic N) is 1. The maximum atomic E-state index is 12.5. The molecule has 1 aliphatic rings. The molecular weight excluding hydrogens is 302 g/mol. The third kappa shape index (κ3) is 3.32. The molecule has 1 aliphatic heterocycles. The Labute approximate surface area is 141 Å². The first-order valence-corrected chi connectivity index (χ1v) is 8.22. The van der Waals surface area contributed by atoms with Crippen molar-refractivity contribution in [2.24, 2.45) is 5.41 Å². The summed E-state index contributed by atoms with van der Waals surface area (Å²) in [5, 5.41) is 9.79. The molecule has 0 unspecified atom stereocenters. The minimum atomic E-state index is -0.783. The Morgan fingerprint density at radius 1 is 0.917 bits per heavy atom. The van der Waals surface area contributed by atoms with Gasteiger partial charge in [-0.1, -0.05) is 48.5 Å². The lowest BCUT2D eigenvalue weighted by molar-refractivity contribution is -0.151. The first kappa shape index (κ1) is 16.2. The zero-order chi connectivity index (χ0) is 17.0. The van der Waals surface area contributed by atoms with Gasteiger partial charge < -0.3 is 10.0 Å². The summed E-state index contributed by atoms with van der Waals surface area (Å²) in [5.74, 6) is -0.785. The van der Waals surface area contributed by atoms with Crippen molar-refractivity contribution in [1.82, 2.24) is 4.90 Å². The van der Waals surface area contributed by atoms with Crippen molar-refractivity contribution in [3.8, 4) is 0 Å². The van der Waals surface area contributed by atoms with Crippen LogP contribution in [-0.2, 0) is 11.2 Å². The van der Waals surface area contributed by atoms with E-state index in [9.17, 15) is 14.7 Å². The van der Waals surface area contributed by atoms with E-state index >= 15 is 0 Å². The molecule has 124 valence electrons. The van der Waals surface area contributed by atoms with Gasteiger partial charge >= 0.3 is 5.97 Å². The van der Waals surface area contributed by atoms with Crippen LogP contribution >= 0.6 is 0 Å². The molecule has 1 fully saturated rings. The Bertz CT molecular complexity index is 704. The molecule has 0 aliphatic carbocycles. The number of aliphatic carboxylic acids is 1. The van der Waals surface area contributed by atoms with Crippen LogP contribution < -0.4 is 0 Å². The van der Waals surface area contributed by atoms with Gasteiger partial charge in [-0.05, 0) is 37.0 Å². The summed E-state index contributed by atoms with van der Waals surface area (Å²) in [6, 6.07) is 18.9. The zero-order valence-corrected chi connectivity index (χ0v) is 13.5. The number of likely N-dealkylation sites (tertiary alicyclic amines) is 1. The van der Waals surface area contributed by atoms with Crippen molar-refractivity contribution in [2.45, 2.75) is 19.3 Å². The number of amides is 1.